The molecule has 9 heteroatoms. The normalized spacial score (nSPS) is 10.7. The van der Waals surface area contributed by atoms with E-state index in [2.05, 4.69) is 20.6 Å². The fourth-order valence-electron chi connectivity index (χ4n) is 2.75. The molecule has 0 radical (unpaired) electrons. The molecule has 0 bridgehead atoms. The van der Waals surface area contributed by atoms with E-state index in [-0.39, 0.29) is 11.4 Å². The number of imidazole rings is 1. The molecule has 0 saturated heterocycles. The summed E-state index contributed by atoms with van der Waals surface area (Å²) in [6.45, 7) is 0. The SMILES string of the molecule is O=C(Nc1cccc(Oc2cccc3[nH]c(=O)[nH]c23)c1)Nc1ccc(F)c(F)c1. The van der Waals surface area contributed by atoms with Gasteiger partial charge in [0.2, 0.25) is 0 Å². The van der Waals surface area contributed by atoms with Gasteiger partial charge < -0.3 is 25.3 Å². The zero-order valence-electron chi connectivity index (χ0n) is 14.8. The van der Waals surface area contributed by atoms with Crippen LogP contribution in [0.1, 0.15) is 0 Å². The van der Waals surface area contributed by atoms with Crippen LogP contribution in [0.2, 0.25) is 0 Å². The topological polar surface area (TPSA) is 99.0 Å². The molecule has 1 heterocycles. The summed E-state index contributed by atoms with van der Waals surface area (Å²) in [5, 5.41) is 4.99. The van der Waals surface area contributed by atoms with Gasteiger partial charge in [-0.05, 0) is 36.4 Å². The van der Waals surface area contributed by atoms with Gasteiger partial charge in [0.1, 0.15) is 11.3 Å². The molecule has 0 spiro atoms. The third-order valence-electron chi connectivity index (χ3n) is 4.01. The molecule has 7 nitrogen and oxygen atoms in total. The Morgan fingerprint density at radius 3 is 2.41 bits per heavy atom. The number of fused-ring (bicyclic) bond motifs is 1. The molecule has 0 aliphatic heterocycles. The first kappa shape index (κ1) is 18.2. The highest BCUT2D eigenvalue weighted by atomic mass is 19.2. The zero-order chi connectivity index (χ0) is 20.4. The lowest BCUT2D eigenvalue weighted by molar-refractivity contribution is 0.262. The number of ether oxygens (including phenoxy) is 1. The van der Waals surface area contributed by atoms with Crippen molar-refractivity contribution in [3.8, 4) is 11.5 Å². The van der Waals surface area contributed by atoms with Crippen molar-refractivity contribution >= 4 is 28.4 Å². The molecular formula is C20H14F2N4O3. The predicted octanol–water partition coefficient (Wildman–Crippen LogP) is 4.57. The number of hydrogen-bond donors (Lipinski definition) is 4. The van der Waals surface area contributed by atoms with Crippen molar-refractivity contribution in [3.05, 3.63) is 82.8 Å². The van der Waals surface area contributed by atoms with Gasteiger partial charge in [-0.15, -0.1) is 0 Å². The minimum absolute atomic E-state index is 0.108. The first-order valence-corrected chi connectivity index (χ1v) is 8.50. The van der Waals surface area contributed by atoms with Crippen LogP contribution in [0.3, 0.4) is 0 Å². The highest BCUT2D eigenvalue weighted by molar-refractivity contribution is 5.99. The third kappa shape index (κ3) is 4.08. The molecule has 29 heavy (non-hydrogen) atoms. The van der Waals surface area contributed by atoms with Crippen LogP contribution < -0.4 is 21.1 Å². The average molecular weight is 396 g/mol. The lowest BCUT2D eigenvalue weighted by Crippen LogP contribution is -2.19. The van der Waals surface area contributed by atoms with E-state index in [0.29, 0.717) is 28.2 Å². The largest absolute Gasteiger partial charge is 0.455 e. The van der Waals surface area contributed by atoms with Gasteiger partial charge >= 0.3 is 11.7 Å². The quantitative estimate of drug-likeness (QED) is 0.407. The third-order valence-corrected chi connectivity index (χ3v) is 4.01. The van der Waals surface area contributed by atoms with Crippen LogP contribution in [-0.4, -0.2) is 16.0 Å². The van der Waals surface area contributed by atoms with E-state index in [1.165, 1.54) is 6.07 Å². The predicted molar refractivity (Wildman–Crippen MR) is 104 cm³/mol. The summed E-state index contributed by atoms with van der Waals surface area (Å²) in [5.41, 5.74) is 1.30. The zero-order valence-corrected chi connectivity index (χ0v) is 14.8. The van der Waals surface area contributed by atoms with Crippen LogP contribution in [0, 0.1) is 11.6 Å². The highest BCUT2D eigenvalue weighted by Gasteiger charge is 2.09. The number of aromatic amines is 2. The molecule has 0 saturated carbocycles. The Morgan fingerprint density at radius 2 is 1.62 bits per heavy atom. The van der Waals surface area contributed by atoms with Gasteiger partial charge in [-0.2, -0.15) is 0 Å². The van der Waals surface area contributed by atoms with Gasteiger partial charge in [-0.25, -0.2) is 18.4 Å². The average Bonchev–Trinajstić information content (AvgIpc) is 3.06. The highest BCUT2D eigenvalue weighted by Crippen LogP contribution is 2.28. The summed E-state index contributed by atoms with van der Waals surface area (Å²) >= 11 is 0. The van der Waals surface area contributed by atoms with Crippen molar-refractivity contribution in [2.75, 3.05) is 10.6 Å². The second-order valence-electron chi connectivity index (χ2n) is 6.10. The number of halogens is 2. The molecule has 0 atom stereocenters. The monoisotopic (exact) mass is 396 g/mol. The van der Waals surface area contributed by atoms with E-state index in [1.807, 2.05) is 0 Å². The lowest BCUT2D eigenvalue weighted by Gasteiger charge is -2.10. The summed E-state index contributed by atoms with van der Waals surface area (Å²) in [6.07, 6.45) is 0. The molecule has 3 aromatic carbocycles. The Balaban J connectivity index is 1.48. The van der Waals surface area contributed by atoms with Crippen LogP contribution in [0.15, 0.2) is 65.5 Å². The molecule has 1 aromatic heterocycles. The molecule has 2 amide bonds. The van der Waals surface area contributed by atoms with Crippen molar-refractivity contribution in [1.82, 2.24) is 9.97 Å². The van der Waals surface area contributed by atoms with E-state index < -0.39 is 17.7 Å². The maximum Gasteiger partial charge on any atom is 0.323 e. The Morgan fingerprint density at radius 1 is 0.862 bits per heavy atom. The van der Waals surface area contributed by atoms with E-state index in [0.717, 1.165) is 12.1 Å². The van der Waals surface area contributed by atoms with E-state index in [1.54, 1.807) is 42.5 Å². The molecule has 0 aliphatic carbocycles. The van der Waals surface area contributed by atoms with Crippen LogP contribution in [0.4, 0.5) is 25.0 Å². The summed E-state index contributed by atoms with van der Waals surface area (Å²) in [6, 6.07) is 14.1. The van der Waals surface area contributed by atoms with Gasteiger partial charge in [0.25, 0.3) is 0 Å². The number of anilines is 2. The number of carbonyl (C=O) groups excluding carboxylic acids is 1. The van der Waals surface area contributed by atoms with Crippen molar-refractivity contribution in [2.24, 2.45) is 0 Å². The van der Waals surface area contributed by atoms with E-state index >= 15 is 0 Å². The number of H-pyrrole nitrogens is 2. The van der Waals surface area contributed by atoms with Gasteiger partial charge in [0.15, 0.2) is 17.4 Å². The van der Waals surface area contributed by atoms with Gasteiger partial charge in [0, 0.05) is 23.5 Å². The fourth-order valence-corrected chi connectivity index (χ4v) is 2.75. The van der Waals surface area contributed by atoms with Gasteiger partial charge in [0.05, 0.1) is 5.52 Å². The first-order valence-electron chi connectivity index (χ1n) is 8.50. The van der Waals surface area contributed by atoms with Crippen molar-refractivity contribution in [2.45, 2.75) is 0 Å². The van der Waals surface area contributed by atoms with Crippen molar-refractivity contribution < 1.29 is 18.3 Å². The smallest absolute Gasteiger partial charge is 0.323 e. The maximum absolute atomic E-state index is 13.2. The molecule has 4 N–H and O–H groups in total. The summed E-state index contributed by atoms with van der Waals surface area (Å²) in [5.74, 6) is -1.20. The number of para-hydroxylation sites is 1. The standard InChI is InChI=1S/C20H14F2N4O3/c21-14-8-7-12(10-15(14)22)24-19(27)23-11-3-1-4-13(9-11)29-17-6-2-5-16-18(17)26-20(28)25-16/h1-10H,(H2,23,24,27)(H2,25,26,28). The van der Waals surface area contributed by atoms with Crippen molar-refractivity contribution in [3.63, 3.8) is 0 Å². The maximum atomic E-state index is 13.2. The molecule has 0 unspecified atom stereocenters. The molecular weight excluding hydrogens is 382 g/mol. The molecule has 146 valence electrons. The van der Waals surface area contributed by atoms with Crippen LogP contribution in [0.5, 0.6) is 11.5 Å². The molecule has 4 rings (SSSR count). The van der Waals surface area contributed by atoms with E-state index in [9.17, 15) is 18.4 Å². The summed E-state index contributed by atoms with van der Waals surface area (Å²) in [4.78, 5) is 28.9. The number of rotatable bonds is 4. The Bertz CT molecular complexity index is 1270. The minimum Gasteiger partial charge on any atom is -0.455 e. The number of nitrogens with one attached hydrogen (secondary N) is 4. The Hall–Kier alpha value is -4.14. The van der Waals surface area contributed by atoms with Crippen LogP contribution >= 0.6 is 0 Å². The summed E-state index contributed by atoms with van der Waals surface area (Å²) in [7, 11) is 0. The van der Waals surface area contributed by atoms with Gasteiger partial charge in [-0.1, -0.05) is 12.1 Å². The molecule has 0 aliphatic rings. The van der Waals surface area contributed by atoms with Gasteiger partial charge in [-0.3, -0.25) is 0 Å². The number of benzene rings is 3. The first-order chi connectivity index (χ1) is 14.0. The van der Waals surface area contributed by atoms with Crippen molar-refractivity contribution in [1.29, 1.82) is 0 Å². The fraction of sp³-hybridized carbons (Fsp3) is 0. The number of amides is 2. The minimum atomic E-state index is -1.06. The Labute approximate surface area is 162 Å². The summed E-state index contributed by atoms with van der Waals surface area (Å²) < 4.78 is 32.0. The number of carbonyl (C=O) groups is 1. The second-order valence-corrected chi connectivity index (χ2v) is 6.10. The van der Waals surface area contributed by atoms with E-state index in [4.69, 9.17) is 4.74 Å². The number of hydrogen-bond acceptors (Lipinski definition) is 3. The lowest BCUT2D eigenvalue weighted by atomic mass is 10.2. The number of urea groups is 1. The number of aromatic nitrogens is 2. The van der Waals surface area contributed by atoms with Crippen LogP contribution in [0.25, 0.3) is 11.0 Å². The van der Waals surface area contributed by atoms with Crippen LogP contribution in [-0.2, 0) is 0 Å². The second kappa shape index (κ2) is 7.47. The molecule has 0 fully saturated rings. The Kier molecular flexibility index (Phi) is 4.70. The molecule has 4 aromatic rings.